The first-order valence-corrected chi connectivity index (χ1v) is 8.67. The van der Waals surface area contributed by atoms with Gasteiger partial charge in [0, 0.05) is 31.6 Å². The van der Waals surface area contributed by atoms with Crippen LogP contribution in [0, 0.1) is 18.6 Å². The fraction of sp³-hybridized carbons (Fsp3) is 0.444. The molecule has 2 aromatic rings. The molecule has 9 heteroatoms. The number of fused-ring (bicyclic) bond motifs is 1. The molecule has 0 radical (unpaired) electrons. The number of aromatic carboxylic acids is 1. The lowest BCUT2D eigenvalue weighted by molar-refractivity contribution is 0.0695. The molecule has 0 unspecified atom stereocenters. The first-order valence-electron chi connectivity index (χ1n) is 8.67. The van der Waals surface area contributed by atoms with Crippen LogP contribution in [0.5, 0.6) is 0 Å². The van der Waals surface area contributed by atoms with Gasteiger partial charge in [-0.15, -0.1) is 0 Å². The number of anilines is 1. The SMILES string of the molecule is Cc1c(F)cc(F)c2c1c(=O)c(C(=O)O)c(N1CC[C@@H](N)C1)n2[C@@H]1C[C@@H]1F. The third-order valence-corrected chi connectivity index (χ3v) is 5.35. The third-order valence-electron chi connectivity index (χ3n) is 5.35. The number of hydrogen-bond donors (Lipinski definition) is 2. The first kappa shape index (κ1) is 17.8. The second-order valence-electron chi connectivity index (χ2n) is 7.21. The Kier molecular flexibility index (Phi) is 3.95. The van der Waals surface area contributed by atoms with Gasteiger partial charge in [0.25, 0.3) is 0 Å². The Balaban J connectivity index is 2.19. The second-order valence-corrected chi connectivity index (χ2v) is 7.21. The Hall–Kier alpha value is -2.55. The van der Waals surface area contributed by atoms with Crippen LogP contribution in [-0.2, 0) is 0 Å². The lowest BCUT2D eigenvalue weighted by atomic mass is 10.0. The van der Waals surface area contributed by atoms with Crippen LogP contribution in [0.15, 0.2) is 10.9 Å². The van der Waals surface area contributed by atoms with E-state index in [9.17, 15) is 27.9 Å². The number of hydrogen-bond acceptors (Lipinski definition) is 4. The van der Waals surface area contributed by atoms with Crippen molar-refractivity contribution in [2.75, 3.05) is 18.0 Å². The summed E-state index contributed by atoms with van der Waals surface area (Å²) < 4.78 is 44.0. The van der Waals surface area contributed by atoms with E-state index in [0.29, 0.717) is 19.0 Å². The molecule has 2 heterocycles. The van der Waals surface area contributed by atoms with Crippen molar-refractivity contribution in [1.82, 2.24) is 4.57 Å². The number of rotatable bonds is 3. The van der Waals surface area contributed by atoms with E-state index in [1.807, 2.05) is 0 Å². The number of benzene rings is 1. The van der Waals surface area contributed by atoms with Crippen LogP contribution in [0.25, 0.3) is 10.9 Å². The van der Waals surface area contributed by atoms with Crippen LogP contribution >= 0.6 is 0 Å². The summed E-state index contributed by atoms with van der Waals surface area (Å²) in [6.45, 7) is 1.90. The molecule has 144 valence electrons. The molecule has 0 amide bonds. The van der Waals surface area contributed by atoms with Crippen LogP contribution in [0.4, 0.5) is 19.0 Å². The van der Waals surface area contributed by atoms with Gasteiger partial charge in [0.15, 0.2) is 5.82 Å². The highest BCUT2D eigenvalue weighted by Gasteiger charge is 2.44. The highest BCUT2D eigenvalue weighted by Crippen LogP contribution is 2.45. The van der Waals surface area contributed by atoms with Gasteiger partial charge < -0.3 is 20.3 Å². The van der Waals surface area contributed by atoms with E-state index >= 15 is 0 Å². The smallest absolute Gasteiger partial charge is 0.343 e. The summed E-state index contributed by atoms with van der Waals surface area (Å²) in [6.07, 6.45) is -0.670. The van der Waals surface area contributed by atoms with E-state index in [1.54, 1.807) is 4.90 Å². The summed E-state index contributed by atoms with van der Waals surface area (Å²) in [7, 11) is 0. The number of carboxylic acid groups (broad SMARTS) is 1. The van der Waals surface area contributed by atoms with Crippen molar-refractivity contribution >= 4 is 22.7 Å². The zero-order valence-electron chi connectivity index (χ0n) is 14.5. The first-order chi connectivity index (χ1) is 12.7. The van der Waals surface area contributed by atoms with Crippen molar-refractivity contribution < 1.29 is 23.1 Å². The number of carbonyl (C=O) groups is 1. The van der Waals surface area contributed by atoms with Gasteiger partial charge in [-0.05, 0) is 18.9 Å². The Morgan fingerprint density at radius 1 is 1.33 bits per heavy atom. The average Bonchev–Trinajstić information content (AvgIpc) is 3.14. The number of halogens is 3. The topological polar surface area (TPSA) is 88.6 Å². The van der Waals surface area contributed by atoms with E-state index < -0.39 is 40.8 Å². The molecule has 0 bridgehead atoms. The van der Waals surface area contributed by atoms with Crippen LogP contribution in [-0.4, -0.2) is 40.9 Å². The van der Waals surface area contributed by atoms with Crippen LogP contribution < -0.4 is 16.1 Å². The van der Waals surface area contributed by atoms with Gasteiger partial charge >= 0.3 is 5.97 Å². The molecule has 2 aliphatic rings. The molecular weight excluding hydrogens is 363 g/mol. The average molecular weight is 381 g/mol. The Morgan fingerprint density at radius 3 is 2.52 bits per heavy atom. The van der Waals surface area contributed by atoms with E-state index in [0.717, 1.165) is 0 Å². The lowest BCUT2D eigenvalue weighted by Gasteiger charge is -2.27. The molecule has 1 saturated heterocycles. The molecule has 6 nitrogen and oxygen atoms in total. The molecule has 1 aromatic heterocycles. The number of alkyl halides is 1. The van der Waals surface area contributed by atoms with Gasteiger partial charge in [-0.3, -0.25) is 4.79 Å². The molecule has 1 saturated carbocycles. The van der Waals surface area contributed by atoms with E-state index in [-0.39, 0.29) is 41.3 Å². The van der Waals surface area contributed by atoms with Gasteiger partial charge in [0.1, 0.15) is 23.4 Å². The molecular formula is C18H18F3N3O3. The summed E-state index contributed by atoms with van der Waals surface area (Å²) in [5.74, 6) is -3.55. The minimum Gasteiger partial charge on any atom is -0.477 e. The van der Waals surface area contributed by atoms with Crippen LogP contribution in [0.1, 0.15) is 34.8 Å². The summed E-state index contributed by atoms with van der Waals surface area (Å²) >= 11 is 0. The van der Waals surface area contributed by atoms with Crippen molar-refractivity contribution in [2.24, 2.45) is 5.73 Å². The number of pyridine rings is 1. The number of nitrogens with two attached hydrogens (primary N) is 1. The fourth-order valence-corrected chi connectivity index (χ4v) is 3.90. The van der Waals surface area contributed by atoms with Crippen molar-refractivity contribution in [3.63, 3.8) is 0 Å². The van der Waals surface area contributed by atoms with Gasteiger partial charge in [-0.2, -0.15) is 0 Å². The van der Waals surface area contributed by atoms with Crippen molar-refractivity contribution in [3.05, 3.63) is 39.1 Å². The molecule has 1 aliphatic carbocycles. The van der Waals surface area contributed by atoms with Crippen molar-refractivity contribution in [3.8, 4) is 0 Å². The van der Waals surface area contributed by atoms with Gasteiger partial charge in [0.2, 0.25) is 5.43 Å². The molecule has 27 heavy (non-hydrogen) atoms. The highest BCUT2D eigenvalue weighted by atomic mass is 19.1. The summed E-state index contributed by atoms with van der Waals surface area (Å²) in [5, 5.41) is 9.34. The molecule has 2 fully saturated rings. The van der Waals surface area contributed by atoms with E-state index in [1.165, 1.54) is 11.5 Å². The van der Waals surface area contributed by atoms with Crippen LogP contribution in [0.2, 0.25) is 0 Å². The maximum Gasteiger partial charge on any atom is 0.343 e. The summed E-state index contributed by atoms with van der Waals surface area (Å²) in [5.41, 5.74) is 3.91. The number of nitrogens with zero attached hydrogens (tertiary/aromatic N) is 2. The van der Waals surface area contributed by atoms with Gasteiger partial charge in [-0.1, -0.05) is 0 Å². The maximum atomic E-state index is 14.7. The predicted octanol–water partition coefficient (Wildman–Crippen LogP) is 2.11. The van der Waals surface area contributed by atoms with Crippen molar-refractivity contribution in [2.45, 2.75) is 38.0 Å². The predicted molar refractivity (Wildman–Crippen MR) is 93.2 cm³/mol. The molecule has 1 aliphatic heterocycles. The number of aromatic nitrogens is 1. The summed E-state index contributed by atoms with van der Waals surface area (Å²) in [6, 6.07) is -0.410. The molecule has 1 aromatic carbocycles. The molecule has 4 rings (SSSR count). The Labute approximate surface area is 152 Å². The second kappa shape index (κ2) is 5.98. The van der Waals surface area contributed by atoms with E-state index in [4.69, 9.17) is 5.73 Å². The zero-order valence-corrected chi connectivity index (χ0v) is 14.5. The Bertz CT molecular complexity index is 1040. The quantitative estimate of drug-likeness (QED) is 0.850. The number of aryl methyl sites for hydroxylation is 1. The normalized spacial score (nSPS) is 24.6. The Morgan fingerprint density at radius 2 is 2.00 bits per heavy atom. The maximum absolute atomic E-state index is 14.7. The molecule has 0 spiro atoms. The number of carboxylic acids is 1. The van der Waals surface area contributed by atoms with Crippen molar-refractivity contribution in [1.29, 1.82) is 0 Å². The van der Waals surface area contributed by atoms with Gasteiger partial charge in [-0.25, -0.2) is 18.0 Å². The summed E-state index contributed by atoms with van der Waals surface area (Å²) in [4.78, 5) is 26.5. The lowest BCUT2D eigenvalue weighted by Crippen LogP contribution is -2.34. The van der Waals surface area contributed by atoms with Gasteiger partial charge in [0.05, 0.1) is 16.9 Å². The largest absolute Gasteiger partial charge is 0.477 e. The monoisotopic (exact) mass is 381 g/mol. The minimum atomic E-state index is -1.52. The highest BCUT2D eigenvalue weighted by molar-refractivity contribution is 5.99. The minimum absolute atomic E-state index is 0.0528. The zero-order chi connectivity index (χ0) is 19.6. The van der Waals surface area contributed by atoms with Crippen LogP contribution in [0.3, 0.4) is 0 Å². The molecule has 3 atom stereocenters. The van der Waals surface area contributed by atoms with E-state index in [2.05, 4.69) is 0 Å². The third kappa shape index (κ3) is 2.60. The standard InChI is InChI=1S/C18H18F3N3O3/c1-7-9(19)4-11(21)15-13(7)16(25)14(18(26)27)17(23-3-2-8(22)6-23)24(15)12-5-10(12)20/h4,8,10,12H,2-3,5-6,22H2,1H3,(H,26,27)/t8-,10+,12-/m1/s1. The molecule has 3 N–H and O–H groups in total. The fourth-order valence-electron chi connectivity index (χ4n) is 3.90.